The molecule has 0 spiro atoms. The van der Waals surface area contributed by atoms with Gasteiger partial charge in [-0.2, -0.15) is 0 Å². The van der Waals surface area contributed by atoms with Crippen molar-refractivity contribution in [1.82, 2.24) is 5.32 Å². The van der Waals surface area contributed by atoms with Crippen molar-refractivity contribution in [1.29, 1.82) is 0 Å². The van der Waals surface area contributed by atoms with Gasteiger partial charge in [0.15, 0.2) is 0 Å². The predicted molar refractivity (Wildman–Crippen MR) is 117 cm³/mol. The van der Waals surface area contributed by atoms with Gasteiger partial charge in [-0.1, -0.05) is 30.3 Å². The van der Waals surface area contributed by atoms with E-state index in [0.29, 0.717) is 31.4 Å². The summed E-state index contributed by atoms with van der Waals surface area (Å²) in [5, 5.41) is 12.5. The molecule has 2 N–H and O–H groups in total. The van der Waals surface area contributed by atoms with Crippen LogP contribution in [-0.4, -0.2) is 48.2 Å². The minimum Gasteiger partial charge on any atom is -0.480 e. The fourth-order valence-electron chi connectivity index (χ4n) is 3.89. The molecule has 1 aliphatic rings. The average Bonchev–Trinajstić information content (AvgIpc) is 2.89. The Balaban J connectivity index is 1.79. The van der Waals surface area contributed by atoms with Gasteiger partial charge < -0.3 is 9.84 Å². The summed E-state index contributed by atoms with van der Waals surface area (Å²) in [4.78, 5) is 38.6. The number of nitrogens with one attached hydrogen (secondary N) is 1. The molecular formula is C24H27FN2O5. The minimum atomic E-state index is -1.12. The summed E-state index contributed by atoms with van der Waals surface area (Å²) in [6.45, 7) is 1.44. The number of carbonyl (C=O) groups excluding carboxylic acids is 2. The van der Waals surface area contributed by atoms with Crippen LogP contribution in [0.25, 0.3) is 0 Å². The van der Waals surface area contributed by atoms with Gasteiger partial charge in [0.05, 0.1) is 12.6 Å². The lowest BCUT2D eigenvalue weighted by Crippen LogP contribution is -2.53. The lowest BCUT2D eigenvalue weighted by molar-refractivity contribution is -0.146. The van der Waals surface area contributed by atoms with E-state index in [1.54, 1.807) is 31.2 Å². The van der Waals surface area contributed by atoms with Crippen LogP contribution < -0.4 is 10.2 Å². The first-order valence-electron chi connectivity index (χ1n) is 10.7. The van der Waals surface area contributed by atoms with Gasteiger partial charge in [-0.05, 0) is 61.9 Å². The molecule has 1 amide bonds. The van der Waals surface area contributed by atoms with Crippen LogP contribution in [0.2, 0.25) is 0 Å². The fourth-order valence-corrected chi connectivity index (χ4v) is 3.89. The number of amides is 1. The third kappa shape index (κ3) is 5.91. The van der Waals surface area contributed by atoms with Gasteiger partial charge >= 0.3 is 11.9 Å². The van der Waals surface area contributed by atoms with Gasteiger partial charge in [-0.3, -0.25) is 24.6 Å². The number of anilines is 1. The second-order valence-corrected chi connectivity index (χ2v) is 7.67. The number of ether oxygens (including phenoxy) is 1. The zero-order chi connectivity index (χ0) is 23.1. The number of halogens is 1. The van der Waals surface area contributed by atoms with Gasteiger partial charge in [0.25, 0.3) is 0 Å². The molecule has 170 valence electrons. The molecule has 8 heteroatoms. The molecule has 2 aromatic rings. The van der Waals surface area contributed by atoms with Crippen LogP contribution in [0.1, 0.15) is 30.9 Å². The summed E-state index contributed by atoms with van der Waals surface area (Å²) in [6, 6.07) is 11.7. The van der Waals surface area contributed by atoms with Crippen LogP contribution in [0, 0.1) is 5.82 Å². The molecule has 0 aliphatic carbocycles. The summed E-state index contributed by atoms with van der Waals surface area (Å²) in [6.07, 6.45) is 1.80. The predicted octanol–water partition coefficient (Wildman–Crippen LogP) is 2.71. The van der Waals surface area contributed by atoms with Crippen molar-refractivity contribution in [2.24, 2.45) is 0 Å². The summed E-state index contributed by atoms with van der Waals surface area (Å²) < 4.78 is 18.4. The Hall–Kier alpha value is -3.26. The van der Waals surface area contributed by atoms with Crippen LogP contribution >= 0.6 is 0 Å². The Morgan fingerprint density at radius 2 is 1.94 bits per heavy atom. The van der Waals surface area contributed by atoms with Crippen LogP contribution in [0.5, 0.6) is 0 Å². The first-order valence-corrected chi connectivity index (χ1v) is 10.7. The van der Waals surface area contributed by atoms with E-state index in [1.807, 2.05) is 12.1 Å². The van der Waals surface area contributed by atoms with Gasteiger partial charge in [-0.15, -0.1) is 0 Å². The molecule has 3 rings (SSSR count). The molecule has 7 nitrogen and oxygen atoms in total. The second kappa shape index (κ2) is 10.9. The van der Waals surface area contributed by atoms with E-state index in [0.717, 1.165) is 11.1 Å². The molecule has 2 atom stereocenters. The van der Waals surface area contributed by atoms with Gasteiger partial charge in [0.2, 0.25) is 5.91 Å². The first-order chi connectivity index (χ1) is 15.4. The lowest BCUT2D eigenvalue weighted by Gasteiger charge is -2.27. The smallest absolute Gasteiger partial charge is 0.323 e. The Bertz CT molecular complexity index is 963. The molecular weight excluding hydrogens is 415 g/mol. The van der Waals surface area contributed by atoms with E-state index in [9.17, 15) is 23.9 Å². The number of aliphatic carboxylic acids is 1. The number of carboxylic acid groups (broad SMARTS) is 1. The number of hydrogen-bond acceptors (Lipinski definition) is 5. The van der Waals surface area contributed by atoms with E-state index in [2.05, 4.69) is 5.32 Å². The van der Waals surface area contributed by atoms with Crippen molar-refractivity contribution in [2.45, 2.75) is 44.7 Å². The molecule has 0 saturated heterocycles. The highest BCUT2D eigenvalue weighted by molar-refractivity contribution is 6.02. The van der Waals surface area contributed by atoms with E-state index in [1.165, 1.54) is 17.0 Å². The minimum absolute atomic E-state index is 0.197. The molecule has 32 heavy (non-hydrogen) atoms. The van der Waals surface area contributed by atoms with Crippen LogP contribution in [0.4, 0.5) is 10.1 Å². The third-order valence-corrected chi connectivity index (χ3v) is 5.45. The number of nitrogens with zero attached hydrogens (tertiary/aromatic N) is 1. The number of carboxylic acids is 1. The van der Waals surface area contributed by atoms with E-state index >= 15 is 0 Å². The van der Waals surface area contributed by atoms with Crippen molar-refractivity contribution < 1.29 is 28.6 Å². The monoisotopic (exact) mass is 442 g/mol. The molecule has 1 aliphatic heterocycles. The third-order valence-electron chi connectivity index (χ3n) is 5.45. The lowest BCUT2D eigenvalue weighted by atomic mass is 10.0. The number of esters is 1. The number of rotatable bonds is 9. The standard InChI is InChI=1S/C24H27FN2O5/c1-2-32-24(31)20(13-9-16-7-11-18(25)12-8-16)26-19-14-10-17-5-3-4-6-21(17)27(23(19)30)15-22(28)29/h3-8,11-12,19-20,26H,2,9-10,13-15H2,1H3,(H,28,29)/t19-,20?/m0/s1. The van der Waals surface area contributed by atoms with Crippen LogP contribution in [0.3, 0.4) is 0 Å². The molecule has 1 heterocycles. The molecule has 0 saturated carbocycles. The molecule has 0 fully saturated rings. The van der Waals surface area contributed by atoms with Crippen molar-refractivity contribution in [3.8, 4) is 0 Å². The number of para-hydroxylation sites is 1. The highest BCUT2D eigenvalue weighted by Gasteiger charge is 2.34. The van der Waals surface area contributed by atoms with Crippen LogP contribution in [0.15, 0.2) is 48.5 Å². The fraction of sp³-hybridized carbons (Fsp3) is 0.375. The maximum atomic E-state index is 13.3. The summed E-state index contributed by atoms with van der Waals surface area (Å²) in [5.74, 6) is -2.33. The molecule has 0 aromatic heterocycles. The van der Waals surface area contributed by atoms with E-state index in [4.69, 9.17) is 4.74 Å². The largest absolute Gasteiger partial charge is 0.480 e. The topological polar surface area (TPSA) is 95.9 Å². The Morgan fingerprint density at radius 1 is 1.22 bits per heavy atom. The average molecular weight is 442 g/mol. The first kappa shape index (κ1) is 23.4. The van der Waals surface area contributed by atoms with E-state index < -0.39 is 36.5 Å². The highest BCUT2D eigenvalue weighted by Crippen LogP contribution is 2.27. The Kier molecular flexibility index (Phi) is 7.94. The number of hydrogen-bond donors (Lipinski definition) is 2. The van der Waals surface area contributed by atoms with Crippen molar-refractivity contribution in [3.63, 3.8) is 0 Å². The van der Waals surface area contributed by atoms with E-state index in [-0.39, 0.29) is 12.4 Å². The second-order valence-electron chi connectivity index (χ2n) is 7.67. The quantitative estimate of drug-likeness (QED) is 0.580. The van der Waals surface area contributed by atoms with Crippen LogP contribution in [-0.2, 0) is 32.0 Å². The number of fused-ring (bicyclic) bond motifs is 1. The maximum absolute atomic E-state index is 13.3. The Morgan fingerprint density at radius 3 is 2.62 bits per heavy atom. The molecule has 1 unspecified atom stereocenters. The van der Waals surface area contributed by atoms with Crippen molar-refractivity contribution >= 4 is 23.5 Å². The van der Waals surface area contributed by atoms with Crippen molar-refractivity contribution in [2.75, 3.05) is 18.1 Å². The maximum Gasteiger partial charge on any atom is 0.323 e. The molecule has 0 bridgehead atoms. The highest BCUT2D eigenvalue weighted by atomic mass is 19.1. The van der Waals surface area contributed by atoms with Gasteiger partial charge in [-0.25, -0.2) is 4.39 Å². The number of benzene rings is 2. The number of aryl methyl sites for hydroxylation is 2. The molecule has 0 radical (unpaired) electrons. The summed E-state index contributed by atoms with van der Waals surface area (Å²) in [5.41, 5.74) is 2.31. The zero-order valence-corrected chi connectivity index (χ0v) is 17.9. The van der Waals surface area contributed by atoms with Gasteiger partial charge in [0.1, 0.15) is 18.4 Å². The SMILES string of the molecule is CCOC(=O)C(CCc1ccc(F)cc1)N[C@H]1CCc2ccccc2N(CC(=O)O)C1=O. The zero-order valence-electron chi connectivity index (χ0n) is 17.9. The normalized spacial score (nSPS) is 16.8. The number of carbonyl (C=O) groups is 3. The van der Waals surface area contributed by atoms with Crippen molar-refractivity contribution in [3.05, 3.63) is 65.5 Å². The summed E-state index contributed by atoms with van der Waals surface area (Å²) >= 11 is 0. The van der Waals surface area contributed by atoms with Gasteiger partial charge in [0, 0.05) is 5.69 Å². The molecule has 2 aromatic carbocycles. The Labute approximate surface area is 186 Å². The summed E-state index contributed by atoms with van der Waals surface area (Å²) in [7, 11) is 0.